The van der Waals surface area contributed by atoms with Crippen LogP contribution < -0.4 is 10.3 Å². The van der Waals surface area contributed by atoms with Gasteiger partial charge in [-0.05, 0) is 36.4 Å². The molecule has 0 saturated carbocycles. The number of Topliss-reactive ketones (excluding diaryl/α,β-unsaturated/α-hetero) is 1. The number of ether oxygens (including phenoxy) is 1. The third-order valence-corrected chi connectivity index (χ3v) is 4.90. The van der Waals surface area contributed by atoms with Gasteiger partial charge in [0.1, 0.15) is 22.9 Å². The lowest BCUT2D eigenvalue weighted by Crippen LogP contribution is -2.24. The zero-order valence-corrected chi connectivity index (χ0v) is 15.4. The Morgan fingerprint density at radius 3 is 2.68 bits per heavy atom. The van der Waals surface area contributed by atoms with Gasteiger partial charge in [0.25, 0.3) is 5.56 Å². The van der Waals surface area contributed by atoms with Crippen LogP contribution in [0.5, 0.6) is 5.75 Å². The number of halogens is 1. The summed E-state index contributed by atoms with van der Waals surface area (Å²) in [6, 6.07) is 15.2. The lowest BCUT2D eigenvalue weighted by molar-refractivity contribution is -0.118. The number of methoxy groups -OCH3 is 1. The molecule has 5 nitrogen and oxygen atoms in total. The van der Waals surface area contributed by atoms with Gasteiger partial charge in [-0.15, -0.1) is 0 Å². The summed E-state index contributed by atoms with van der Waals surface area (Å²) >= 11 is 0. The second-order valence-corrected chi connectivity index (χ2v) is 6.63. The molecule has 0 bridgehead atoms. The molecule has 0 atom stereocenters. The maximum atomic E-state index is 13.8. The average Bonchev–Trinajstić information content (AvgIpc) is 3.18. The Morgan fingerprint density at radius 2 is 1.86 bits per heavy atom. The topological polar surface area (TPSA) is 52.7 Å². The Labute approximate surface area is 160 Å². The van der Waals surface area contributed by atoms with Crippen LogP contribution >= 0.6 is 0 Å². The Kier molecular flexibility index (Phi) is 4.69. The molecule has 0 fully saturated rings. The highest BCUT2D eigenvalue weighted by Gasteiger charge is 2.14. The average molecular weight is 378 g/mol. The molecule has 0 unspecified atom stereocenters. The molecule has 0 radical (unpaired) electrons. The fourth-order valence-electron chi connectivity index (χ4n) is 3.54. The molecule has 4 rings (SSSR count). The minimum atomic E-state index is -0.424. The van der Waals surface area contributed by atoms with E-state index in [0.29, 0.717) is 16.8 Å². The normalized spacial score (nSPS) is 11.2. The maximum Gasteiger partial charge on any atom is 0.275 e. The molecule has 2 aromatic heterocycles. The van der Waals surface area contributed by atoms with E-state index in [1.807, 2.05) is 24.3 Å². The number of carbonyl (C=O) groups is 1. The highest BCUT2D eigenvalue weighted by Crippen LogP contribution is 2.20. The number of aromatic nitrogens is 2. The number of aryl methyl sites for hydroxylation is 1. The van der Waals surface area contributed by atoms with Crippen molar-refractivity contribution < 1.29 is 13.9 Å². The third kappa shape index (κ3) is 3.17. The number of fused-ring (bicyclic) bond motifs is 3. The first kappa shape index (κ1) is 18.0. The first-order chi connectivity index (χ1) is 13.6. The summed E-state index contributed by atoms with van der Waals surface area (Å²) in [7, 11) is 1.57. The van der Waals surface area contributed by atoms with E-state index in [1.165, 1.54) is 16.7 Å². The molecular weight excluding hydrogens is 359 g/mol. The van der Waals surface area contributed by atoms with Crippen LogP contribution in [-0.4, -0.2) is 21.9 Å². The van der Waals surface area contributed by atoms with E-state index in [2.05, 4.69) is 0 Å². The quantitative estimate of drug-likeness (QED) is 0.515. The number of carbonyl (C=O) groups excluding carboxylic acids is 1. The summed E-state index contributed by atoms with van der Waals surface area (Å²) in [6.45, 7) is 0.189. The largest absolute Gasteiger partial charge is 0.496 e. The number of hydrogen-bond donors (Lipinski definition) is 0. The number of hydrogen-bond acceptors (Lipinski definition) is 3. The first-order valence-electron chi connectivity index (χ1n) is 9.01. The van der Waals surface area contributed by atoms with Crippen LogP contribution in [-0.2, 0) is 17.8 Å². The second-order valence-electron chi connectivity index (χ2n) is 6.63. The van der Waals surface area contributed by atoms with E-state index in [0.717, 1.165) is 11.1 Å². The number of para-hydroxylation sites is 1. The Balaban J connectivity index is 1.65. The van der Waals surface area contributed by atoms with E-state index in [4.69, 9.17) is 4.74 Å². The highest BCUT2D eigenvalue weighted by molar-refractivity contribution is 5.82. The van der Waals surface area contributed by atoms with E-state index in [-0.39, 0.29) is 30.7 Å². The van der Waals surface area contributed by atoms with Crippen LogP contribution in [0.2, 0.25) is 0 Å². The molecular formula is C22H19FN2O3. The Hall–Kier alpha value is -3.41. The summed E-state index contributed by atoms with van der Waals surface area (Å²) in [5.74, 6) is 0.221. The Bertz CT molecular complexity index is 1240. The molecule has 0 spiro atoms. The first-order valence-corrected chi connectivity index (χ1v) is 9.01. The van der Waals surface area contributed by atoms with Crippen LogP contribution in [0.15, 0.2) is 65.6 Å². The van der Waals surface area contributed by atoms with E-state index in [9.17, 15) is 14.0 Å². The summed E-state index contributed by atoms with van der Waals surface area (Å²) in [5.41, 5.74) is 2.25. The zero-order chi connectivity index (χ0) is 19.7. The highest BCUT2D eigenvalue weighted by atomic mass is 19.1. The van der Waals surface area contributed by atoms with Crippen LogP contribution in [0.1, 0.15) is 12.0 Å². The molecule has 142 valence electrons. The smallest absolute Gasteiger partial charge is 0.275 e. The van der Waals surface area contributed by atoms with Crippen molar-refractivity contribution in [2.45, 2.75) is 19.4 Å². The molecule has 0 aliphatic heterocycles. The molecule has 0 N–H and O–H groups in total. The predicted molar refractivity (Wildman–Crippen MR) is 105 cm³/mol. The van der Waals surface area contributed by atoms with Gasteiger partial charge in [0.15, 0.2) is 0 Å². The van der Waals surface area contributed by atoms with E-state index < -0.39 is 5.82 Å². The molecule has 4 aromatic rings. The molecule has 0 amide bonds. The van der Waals surface area contributed by atoms with Crippen molar-refractivity contribution in [3.05, 3.63) is 82.5 Å². The minimum Gasteiger partial charge on any atom is -0.496 e. The van der Waals surface area contributed by atoms with Crippen molar-refractivity contribution >= 4 is 22.3 Å². The summed E-state index contributed by atoms with van der Waals surface area (Å²) in [6.07, 6.45) is 2.16. The fourth-order valence-corrected chi connectivity index (χ4v) is 3.54. The van der Waals surface area contributed by atoms with Crippen LogP contribution in [0.4, 0.5) is 4.39 Å². The van der Waals surface area contributed by atoms with Crippen molar-refractivity contribution in [3.8, 4) is 5.75 Å². The molecule has 6 heteroatoms. The molecule has 0 aliphatic rings. The molecule has 28 heavy (non-hydrogen) atoms. The predicted octanol–water partition coefficient (Wildman–Crippen LogP) is 3.60. The summed E-state index contributed by atoms with van der Waals surface area (Å²) in [5, 5.41) is 0. The maximum absolute atomic E-state index is 13.8. The van der Waals surface area contributed by atoms with Crippen molar-refractivity contribution in [2.75, 3.05) is 7.11 Å². The fraction of sp³-hybridized carbons (Fsp3) is 0.182. The number of ketones is 1. The van der Waals surface area contributed by atoms with Gasteiger partial charge in [-0.1, -0.05) is 18.2 Å². The summed E-state index contributed by atoms with van der Waals surface area (Å²) in [4.78, 5) is 25.4. The Morgan fingerprint density at radius 1 is 1.04 bits per heavy atom. The van der Waals surface area contributed by atoms with Gasteiger partial charge >= 0.3 is 0 Å². The van der Waals surface area contributed by atoms with Gasteiger partial charge < -0.3 is 13.7 Å². The number of nitrogens with zero attached hydrogens (tertiary/aromatic N) is 2. The molecule has 0 saturated heterocycles. The van der Waals surface area contributed by atoms with Crippen molar-refractivity contribution in [1.82, 2.24) is 8.97 Å². The van der Waals surface area contributed by atoms with Gasteiger partial charge in [-0.3, -0.25) is 9.59 Å². The van der Waals surface area contributed by atoms with Gasteiger partial charge in [0.05, 0.1) is 18.1 Å². The molecule has 2 heterocycles. The van der Waals surface area contributed by atoms with E-state index in [1.54, 1.807) is 35.9 Å². The van der Waals surface area contributed by atoms with Crippen LogP contribution in [0.25, 0.3) is 16.6 Å². The zero-order valence-electron chi connectivity index (χ0n) is 15.4. The van der Waals surface area contributed by atoms with Gasteiger partial charge in [0.2, 0.25) is 0 Å². The van der Waals surface area contributed by atoms with Crippen LogP contribution in [0, 0.1) is 5.82 Å². The number of benzene rings is 2. The standard InChI is InChI=1S/C22H19FN2O3/c1-28-21-7-3-2-5-15(21)13-17(26)10-12-25-20-14-16(23)8-9-18(20)24-11-4-6-19(24)22(25)27/h2-9,11,14H,10,12-13H2,1H3. The lowest BCUT2D eigenvalue weighted by Gasteiger charge is -2.13. The van der Waals surface area contributed by atoms with Gasteiger partial charge in [-0.2, -0.15) is 0 Å². The summed E-state index contributed by atoms with van der Waals surface area (Å²) < 4.78 is 22.3. The monoisotopic (exact) mass is 378 g/mol. The van der Waals surface area contributed by atoms with E-state index >= 15 is 0 Å². The SMILES string of the molecule is COc1ccccc1CC(=O)CCn1c(=O)c2cccn2c2ccc(F)cc21. The van der Waals surface area contributed by atoms with Gasteiger partial charge in [-0.25, -0.2) is 4.39 Å². The van der Waals surface area contributed by atoms with Crippen molar-refractivity contribution in [3.63, 3.8) is 0 Å². The van der Waals surface area contributed by atoms with Gasteiger partial charge in [0, 0.05) is 31.1 Å². The lowest BCUT2D eigenvalue weighted by atomic mass is 10.1. The van der Waals surface area contributed by atoms with Crippen molar-refractivity contribution in [2.24, 2.45) is 0 Å². The second kappa shape index (κ2) is 7.31. The van der Waals surface area contributed by atoms with Crippen LogP contribution in [0.3, 0.4) is 0 Å². The third-order valence-electron chi connectivity index (χ3n) is 4.90. The molecule has 0 aliphatic carbocycles. The van der Waals surface area contributed by atoms with Crippen molar-refractivity contribution in [1.29, 1.82) is 0 Å². The number of rotatable bonds is 6. The molecule has 2 aromatic carbocycles. The minimum absolute atomic E-state index is 0.0174.